The zero-order chi connectivity index (χ0) is 19.1. The molecule has 4 heteroatoms. The number of carbonyl (C=O) groups is 1. The van der Waals surface area contributed by atoms with Gasteiger partial charge in [-0.2, -0.15) is 0 Å². The fourth-order valence-electron chi connectivity index (χ4n) is 4.71. The van der Waals surface area contributed by atoms with Crippen LogP contribution in [0.3, 0.4) is 0 Å². The van der Waals surface area contributed by atoms with Crippen LogP contribution in [0.2, 0.25) is 0 Å². The van der Waals surface area contributed by atoms with Crippen LogP contribution in [0.15, 0.2) is 61.2 Å². The average Bonchev–Trinajstić information content (AvgIpc) is 2.89. The van der Waals surface area contributed by atoms with Gasteiger partial charge in [0.2, 0.25) is 5.91 Å². The summed E-state index contributed by atoms with van der Waals surface area (Å²) in [7, 11) is 1.70. The normalized spacial score (nSPS) is 26.4. The molecule has 0 saturated carbocycles. The van der Waals surface area contributed by atoms with Crippen molar-refractivity contribution in [1.29, 1.82) is 0 Å². The largest absolute Gasteiger partial charge is 0.489 e. The van der Waals surface area contributed by atoms with Crippen molar-refractivity contribution in [3.63, 3.8) is 0 Å². The molecule has 1 aliphatic carbocycles. The number of likely N-dealkylation sites (N-methyl/N-ethyl adjacent to an activating group) is 1. The van der Waals surface area contributed by atoms with Gasteiger partial charge in [-0.05, 0) is 41.7 Å². The molecule has 1 N–H and O–H groups in total. The molecular formula is C23H25NO3. The molecule has 1 saturated heterocycles. The number of carbonyl (C=O) groups excluding carboxylic acids is 1. The van der Waals surface area contributed by atoms with Gasteiger partial charge in [0.25, 0.3) is 0 Å². The van der Waals surface area contributed by atoms with Crippen LogP contribution >= 0.6 is 0 Å². The van der Waals surface area contributed by atoms with Crippen molar-refractivity contribution in [1.82, 2.24) is 4.90 Å². The van der Waals surface area contributed by atoms with Crippen LogP contribution in [0.4, 0.5) is 0 Å². The maximum atomic E-state index is 12.5. The van der Waals surface area contributed by atoms with Crippen molar-refractivity contribution in [2.24, 2.45) is 0 Å². The molecule has 1 heterocycles. The summed E-state index contributed by atoms with van der Waals surface area (Å²) < 4.78 is 6.01. The molecule has 2 aliphatic rings. The van der Waals surface area contributed by atoms with Crippen molar-refractivity contribution >= 4 is 5.91 Å². The Bertz CT molecular complexity index is 878. The summed E-state index contributed by atoms with van der Waals surface area (Å²) in [6.07, 6.45) is 3.93. The summed E-state index contributed by atoms with van der Waals surface area (Å²) in [5.74, 6) is 0.732. The number of allylic oxidation sites excluding steroid dienone is 1. The summed E-state index contributed by atoms with van der Waals surface area (Å²) in [6.45, 7) is 4.37. The first-order chi connectivity index (χ1) is 13.0. The quantitative estimate of drug-likeness (QED) is 0.826. The summed E-state index contributed by atoms with van der Waals surface area (Å²) in [5, 5.41) is 11.5. The van der Waals surface area contributed by atoms with Crippen LogP contribution in [-0.4, -0.2) is 28.7 Å². The molecule has 4 rings (SSSR count). The van der Waals surface area contributed by atoms with E-state index >= 15 is 0 Å². The minimum absolute atomic E-state index is 0.0252. The van der Waals surface area contributed by atoms with Gasteiger partial charge in [0.1, 0.15) is 12.4 Å². The predicted octanol–water partition coefficient (Wildman–Crippen LogP) is 3.58. The molecule has 1 aliphatic heterocycles. The van der Waals surface area contributed by atoms with Gasteiger partial charge in [0, 0.05) is 19.9 Å². The first kappa shape index (κ1) is 17.8. The molecule has 2 atom stereocenters. The molecule has 27 heavy (non-hydrogen) atoms. The fourth-order valence-corrected chi connectivity index (χ4v) is 4.71. The van der Waals surface area contributed by atoms with Gasteiger partial charge >= 0.3 is 0 Å². The smallest absolute Gasteiger partial charge is 0.225 e. The third-order valence-corrected chi connectivity index (χ3v) is 6.23. The third-order valence-electron chi connectivity index (χ3n) is 6.23. The van der Waals surface area contributed by atoms with Crippen molar-refractivity contribution in [3.05, 3.63) is 77.9 Å². The lowest BCUT2D eigenvalue weighted by atomic mass is 9.62. The number of aryl methyl sites for hydroxylation is 1. The number of fused-ring (bicyclic) bond motifs is 3. The van der Waals surface area contributed by atoms with E-state index < -0.39 is 11.1 Å². The highest BCUT2D eigenvalue weighted by atomic mass is 16.5. The Morgan fingerprint density at radius 3 is 2.78 bits per heavy atom. The van der Waals surface area contributed by atoms with Gasteiger partial charge in [0.05, 0.1) is 5.41 Å². The van der Waals surface area contributed by atoms with Crippen molar-refractivity contribution in [2.45, 2.75) is 43.4 Å². The number of rotatable bonds is 5. The molecule has 1 fully saturated rings. The molecule has 0 bridgehead atoms. The molecule has 2 aromatic carbocycles. The van der Waals surface area contributed by atoms with Crippen molar-refractivity contribution in [3.8, 4) is 5.75 Å². The molecule has 0 spiro atoms. The highest BCUT2D eigenvalue weighted by Crippen LogP contribution is 2.55. The number of hydrogen-bond acceptors (Lipinski definition) is 3. The van der Waals surface area contributed by atoms with Gasteiger partial charge in [-0.15, -0.1) is 6.58 Å². The van der Waals surface area contributed by atoms with Crippen LogP contribution in [0.1, 0.15) is 36.0 Å². The first-order valence-electron chi connectivity index (χ1n) is 9.40. The van der Waals surface area contributed by atoms with E-state index in [4.69, 9.17) is 4.74 Å². The maximum Gasteiger partial charge on any atom is 0.225 e. The van der Waals surface area contributed by atoms with E-state index in [9.17, 15) is 9.90 Å². The van der Waals surface area contributed by atoms with Crippen LogP contribution in [0, 0.1) is 0 Å². The van der Waals surface area contributed by atoms with E-state index in [1.165, 1.54) is 10.5 Å². The number of amides is 1. The minimum Gasteiger partial charge on any atom is -0.489 e. The Kier molecular flexibility index (Phi) is 4.31. The van der Waals surface area contributed by atoms with E-state index in [1.807, 2.05) is 48.5 Å². The van der Waals surface area contributed by atoms with Crippen LogP contribution in [-0.2, 0) is 23.2 Å². The lowest BCUT2D eigenvalue weighted by Gasteiger charge is -2.48. The zero-order valence-corrected chi connectivity index (χ0v) is 15.6. The fraction of sp³-hybridized carbons (Fsp3) is 0.348. The SMILES string of the molecule is C=CCC12CC(=O)N(C)C1(O)CCc1ccc(OCc3ccccc3)cc12. The number of likely N-dealkylation sites (tertiary alicyclic amines) is 1. The van der Waals surface area contributed by atoms with E-state index in [1.54, 1.807) is 7.05 Å². The second kappa shape index (κ2) is 6.54. The van der Waals surface area contributed by atoms with Crippen LogP contribution in [0.25, 0.3) is 0 Å². The topological polar surface area (TPSA) is 49.8 Å². The molecule has 2 aromatic rings. The Hall–Kier alpha value is -2.59. The summed E-state index contributed by atoms with van der Waals surface area (Å²) in [4.78, 5) is 14.1. The molecule has 0 radical (unpaired) electrons. The second-order valence-electron chi connectivity index (χ2n) is 7.61. The molecule has 2 unspecified atom stereocenters. The van der Waals surface area contributed by atoms with Crippen molar-refractivity contribution < 1.29 is 14.6 Å². The van der Waals surface area contributed by atoms with Gasteiger partial charge < -0.3 is 14.7 Å². The van der Waals surface area contributed by atoms with Crippen molar-refractivity contribution in [2.75, 3.05) is 7.05 Å². The number of benzene rings is 2. The monoisotopic (exact) mass is 363 g/mol. The molecular weight excluding hydrogens is 338 g/mol. The van der Waals surface area contributed by atoms with Gasteiger partial charge in [0.15, 0.2) is 5.72 Å². The zero-order valence-electron chi connectivity index (χ0n) is 15.6. The van der Waals surface area contributed by atoms with E-state index in [0.717, 1.165) is 23.3 Å². The molecule has 140 valence electrons. The third kappa shape index (κ3) is 2.67. The number of aliphatic hydroxyl groups is 1. The summed E-state index contributed by atoms with van der Waals surface area (Å²) in [6, 6.07) is 16.1. The van der Waals surface area contributed by atoms with E-state index in [2.05, 4.69) is 12.6 Å². The number of nitrogens with zero attached hydrogens (tertiary/aromatic N) is 1. The highest BCUT2D eigenvalue weighted by molar-refractivity contribution is 5.83. The Morgan fingerprint density at radius 2 is 2.04 bits per heavy atom. The number of hydrogen-bond donors (Lipinski definition) is 1. The highest BCUT2D eigenvalue weighted by Gasteiger charge is 2.63. The molecule has 1 amide bonds. The maximum absolute atomic E-state index is 12.5. The Morgan fingerprint density at radius 1 is 1.26 bits per heavy atom. The Balaban J connectivity index is 1.72. The van der Waals surface area contributed by atoms with E-state index in [-0.39, 0.29) is 5.91 Å². The molecule has 4 nitrogen and oxygen atoms in total. The molecule has 0 aromatic heterocycles. The first-order valence-corrected chi connectivity index (χ1v) is 9.40. The van der Waals surface area contributed by atoms with Gasteiger partial charge in [-0.1, -0.05) is 42.5 Å². The summed E-state index contributed by atoms with van der Waals surface area (Å²) >= 11 is 0. The lowest BCUT2D eigenvalue weighted by Crippen LogP contribution is -2.57. The minimum atomic E-state index is -1.18. The van der Waals surface area contributed by atoms with Gasteiger partial charge in [-0.3, -0.25) is 4.79 Å². The Labute approximate surface area is 160 Å². The predicted molar refractivity (Wildman–Crippen MR) is 104 cm³/mol. The van der Waals surface area contributed by atoms with Crippen LogP contribution in [0.5, 0.6) is 5.75 Å². The van der Waals surface area contributed by atoms with Gasteiger partial charge in [-0.25, -0.2) is 0 Å². The van der Waals surface area contributed by atoms with E-state index in [0.29, 0.717) is 25.9 Å². The summed E-state index contributed by atoms with van der Waals surface area (Å²) in [5.41, 5.74) is 1.45. The standard InChI is InChI=1S/C23H25NO3/c1-3-12-22-15-21(25)24(2)23(22,26)13-11-18-9-10-19(14-20(18)22)27-16-17-7-5-4-6-8-17/h3-10,14,26H,1,11-13,15-16H2,2H3. The second-order valence-corrected chi connectivity index (χ2v) is 7.61. The lowest BCUT2D eigenvalue weighted by molar-refractivity contribution is -0.152. The number of ether oxygens (including phenoxy) is 1. The average molecular weight is 363 g/mol. The van der Waals surface area contributed by atoms with Crippen LogP contribution < -0.4 is 4.74 Å².